The molecular formula is C7H5ClO4-2. The van der Waals surface area contributed by atoms with Crippen LogP contribution in [-0.4, -0.2) is 11.9 Å². The molecule has 0 aromatic rings. The number of aliphatic carboxylic acids is 2. The molecule has 4 nitrogen and oxygen atoms in total. The molecule has 0 aliphatic heterocycles. The molecule has 0 radical (unpaired) electrons. The van der Waals surface area contributed by atoms with E-state index in [2.05, 4.69) is 0 Å². The van der Waals surface area contributed by atoms with Crippen molar-refractivity contribution in [3.63, 3.8) is 0 Å². The van der Waals surface area contributed by atoms with E-state index in [4.69, 9.17) is 11.6 Å². The zero-order valence-electron chi connectivity index (χ0n) is 6.17. The number of carbonyl (C=O) groups is 2. The largest absolute Gasteiger partial charge is 0.545 e. The van der Waals surface area contributed by atoms with E-state index in [1.165, 1.54) is 6.92 Å². The van der Waals surface area contributed by atoms with Crippen molar-refractivity contribution in [2.24, 2.45) is 0 Å². The molecule has 0 amide bonds. The molecule has 0 aliphatic carbocycles. The lowest BCUT2D eigenvalue weighted by atomic mass is 10.2. The predicted octanol–water partition coefficient (Wildman–Crippen LogP) is -1.44. The van der Waals surface area contributed by atoms with Crippen LogP contribution >= 0.6 is 11.6 Å². The maximum absolute atomic E-state index is 10.0. The number of carbonyl (C=O) groups excluding carboxylic acids is 2. The lowest BCUT2D eigenvalue weighted by Gasteiger charge is -1.99. The second-order valence-electron chi connectivity index (χ2n) is 1.99. The summed E-state index contributed by atoms with van der Waals surface area (Å²) in [6.45, 7) is 1.38. The third-order valence-electron chi connectivity index (χ3n) is 0.895. The fourth-order valence-electron chi connectivity index (χ4n) is 0.486. The minimum absolute atomic E-state index is 0.171. The van der Waals surface area contributed by atoms with E-state index >= 15 is 0 Å². The maximum Gasteiger partial charge on any atom is 0.0829 e. The van der Waals surface area contributed by atoms with Crippen molar-refractivity contribution in [1.82, 2.24) is 0 Å². The molecule has 0 unspecified atom stereocenters. The van der Waals surface area contributed by atoms with Gasteiger partial charge in [-0.1, -0.05) is 11.6 Å². The summed E-state index contributed by atoms with van der Waals surface area (Å²) in [5, 5.41) is 19.4. The van der Waals surface area contributed by atoms with E-state index in [1.807, 2.05) is 0 Å². The van der Waals surface area contributed by atoms with Crippen LogP contribution in [0.1, 0.15) is 6.92 Å². The lowest BCUT2D eigenvalue weighted by molar-refractivity contribution is -0.299. The van der Waals surface area contributed by atoms with Crippen molar-refractivity contribution < 1.29 is 19.8 Å². The minimum Gasteiger partial charge on any atom is -0.545 e. The summed E-state index contributed by atoms with van der Waals surface area (Å²) < 4.78 is 0. The summed E-state index contributed by atoms with van der Waals surface area (Å²) >= 11 is 5.14. The van der Waals surface area contributed by atoms with Gasteiger partial charge in [-0.05, 0) is 24.6 Å². The maximum atomic E-state index is 10.0. The van der Waals surface area contributed by atoms with Crippen molar-refractivity contribution in [2.45, 2.75) is 6.92 Å². The molecule has 0 spiro atoms. The van der Waals surface area contributed by atoms with Crippen molar-refractivity contribution in [1.29, 1.82) is 0 Å². The topological polar surface area (TPSA) is 80.3 Å². The number of hydrogen-bond donors (Lipinski definition) is 0. The van der Waals surface area contributed by atoms with Crippen LogP contribution in [0.4, 0.5) is 0 Å². The van der Waals surface area contributed by atoms with Gasteiger partial charge in [0.2, 0.25) is 0 Å². The first-order chi connectivity index (χ1) is 5.43. The Labute approximate surface area is 73.8 Å². The van der Waals surface area contributed by atoms with Crippen LogP contribution in [0, 0.1) is 0 Å². The van der Waals surface area contributed by atoms with E-state index in [1.54, 1.807) is 0 Å². The molecule has 0 saturated heterocycles. The van der Waals surface area contributed by atoms with Crippen LogP contribution in [0.5, 0.6) is 0 Å². The van der Waals surface area contributed by atoms with Gasteiger partial charge in [0.05, 0.1) is 17.0 Å². The van der Waals surface area contributed by atoms with Gasteiger partial charge in [-0.2, -0.15) is 0 Å². The van der Waals surface area contributed by atoms with Crippen LogP contribution in [0.25, 0.3) is 0 Å². The molecular weight excluding hydrogens is 184 g/mol. The molecule has 0 aromatic carbocycles. The average Bonchev–Trinajstić information content (AvgIpc) is 1.84. The molecule has 0 atom stereocenters. The van der Waals surface area contributed by atoms with E-state index < -0.39 is 17.0 Å². The molecule has 0 saturated carbocycles. The monoisotopic (exact) mass is 188 g/mol. The molecule has 0 heterocycles. The Balaban J connectivity index is 4.54. The Kier molecular flexibility index (Phi) is 4.07. The van der Waals surface area contributed by atoms with Crippen molar-refractivity contribution in [2.75, 3.05) is 0 Å². The second kappa shape index (κ2) is 4.56. The molecule has 0 aromatic heterocycles. The average molecular weight is 189 g/mol. The van der Waals surface area contributed by atoms with Crippen LogP contribution in [0.15, 0.2) is 22.8 Å². The zero-order chi connectivity index (χ0) is 9.72. The fraction of sp³-hybridized carbons (Fsp3) is 0.143. The quantitative estimate of drug-likeness (QED) is 0.401. The summed E-state index contributed by atoms with van der Waals surface area (Å²) in [6, 6.07) is 0. The van der Waals surface area contributed by atoms with Crippen molar-refractivity contribution in [3.8, 4) is 0 Å². The Bertz CT molecular complexity index is 265. The third-order valence-corrected chi connectivity index (χ3v) is 1.16. The predicted molar refractivity (Wildman–Crippen MR) is 37.7 cm³/mol. The number of allylic oxidation sites excluding steroid dienone is 2. The van der Waals surface area contributed by atoms with Crippen LogP contribution in [-0.2, 0) is 9.59 Å². The molecule has 66 valence electrons. The van der Waals surface area contributed by atoms with Gasteiger partial charge in [0.1, 0.15) is 0 Å². The highest BCUT2D eigenvalue weighted by molar-refractivity contribution is 6.40. The minimum atomic E-state index is -1.55. The normalized spacial score (nSPS) is 12.8. The third kappa shape index (κ3) is 4.51. The first kappa shape index (κ1) is 10.7. The van der Waals surface area contributed by atoms with Crippen LogP contribution in [0.3, 0.4) is 0 Å². The summed E-state index contributed by atoms with van der Waals surface area (Å²) in [5.74, 6) is -2.96. The van der Waals surface area contributed by atoms with Gasteiger partial charge in [0.25, 0.3) is 0 Å². The van der Waals surface area contributed by atoms with Gasteiger partial charge in [-0.15, -0.1) is 0 Å². The first-order valence-electron chi connectivity index (χ1n) is 2.91. The Morgan fingerprint density at radius 3 is 2.08 bits per heavy atom. The summed E-state index contributed by atoms with van der Waals surface area (Å²) in [6.07, 6.45) is 1.69. The number of halogens is 1. The van der Waals surface area contributed by atoms with E-state index in [-0.39, 0.29) is 5.57 Å². The molecule has 12 heavy (non-hydrogen) atoms. The SMILES string of the molecule is CC(=C/C(=O)[O-])/C=C(/Cl)C(=O)[O-]. The van der Waals surface area contributed by atoms with Crippen molar-refractivity contribution >= 4 is 23.5 Å². The van der Waals surface area contributed by atoms with Gasteiger partial charge < -0.3 is 19.8 Å². The number of carboxylic acids is 2. The highest BCUT2D eigenvalue weighted by Gasteiger charge is 1.92. The van der Waals surface area contributed by atoms with Gasteiger partial charge in [0, 0.05) is 0 Å². The molecule has 0 rings (SSSR count). The number of hydrogen-bond acceptors (Lipinski definition) is 4. The van der Waals surface area contributed by atoms with E-state index in [9.17, 15) is 19.8 Å². The summed E-state index contributed by atoms with van der Waals surface area (Å²) in [5.41, 5.74) is 0.171. The standard InChI is InChI=1S/C7H7ClO4/c1-4(3-6(9)10)2-5(8)7(11)12/h2-3H,1H3,(H,9,10)(H,11,12)/p-2/b4-3-,5-2+. The first-order valence-corrected chi connectivity index (χ1v) is 3.29. The highest BCUT2D eigenvalue weighted by Crippen LogP contribution is 2.04. The van der Waals surface area contributed by atoms with Gasteiger partial charge >= 0.3 is 0 Å². The fourth-order valence-corrected chi connectivity index (χ4v) is 0.658. The zero-order valence-corrected chi connectivity index (χ0v) is 6.92. The summed E-state index contributed by atoms with van der Waals surface area (Å²) in [4.78, 5) is 20.0. The van der Waals surface area contributed by atoms with Crippen LogP contribution in [0.2, 0.25) is 0 Å². The van der Waals surface area contributed by atoms with E-state index in [0.717, 1.165) is 12.2 Å². The molecule has 5 heteroatoms. The summed E-state index contributed by atoms with van der Waals surface area (Å²) in [7, 11) is 0. The smallest absolute Gasteiger partial charge is 0.0829 e. The lowest BCUT2D eigenvalue weighted by Crippen LogP contribution is -2.22. The van der Waals surface area contributed by atoms with Crippen LogP contribution < -0.4 is 10.2 Å². The van der Waals surface area contributed by atoms with E-state index in [0.29, 0.717) is 0 Å². The molecule has 0 N–H and O–H groups in total. The second-order valence-corrected chi connectivity index (χ2v) is 2.39. The number of rotatable bonds is 3. The molecule has 0 aliphatic rings. The Hall–Kier alpha value is -1.29. The van der Waals surface area contributed by atoms with Gasteiger partial charge in [0.15, 0.2) is 0 Å². The van der Waals surface area contributed by atoms with Crippen molar-refractivity contribution in [3.05, 3.63) is 22.8 Å². The molecule has 0 fully saturated rings. The Morgan fingerprint density at radius 1 is 1.25 bits per heavy atom. The Morgan fingerprint density at radius 2 is 1.75 bits per heavy atom. The van der Waals surface area contributed by atoms with Gasteiger partial charge in [-0.3, -0.25) is 0 Å². The highest BCUT2D eigenvalue weighted by atomic mass is 35.5. The number of carboxylic acid groups (broad SMARTS) is 2. The van der Waals surface area contributed by atoms with Gasteiger partial charge in [-0.25, -0.2) is 0 Å². The molecule has 0 bridgehead atoms.